The minimum atomic E-state index is 0.736. The van der Waals surface area contributed by atoms with Gasteiger partial charge in [0.25, 0.3) is 0 Å². The molecule has 5 rings (SSSR count). The third-order valence-corrected chi connectivity index (χ3v) is 6.45. The summed E-state index contributed by atoms with van der Waals surface area (Å²) in [5.74, 6) is 0.830. The van der Waals surface area contributed by atoms with E-state index in [2.05, 4.69) is 81.5 Å². The Morgan fingerprint density at radius 3 is 2.23 bits per heavy atom. The molecule has 0 unspecified atom stereocenters. The van der Waals surface area contributed by atoms with Gasteiger partial charge in [0.15, 0.2) is 0 Å². The molecule has 0 aromatic heterocycles. The molecule has 31 heavy (non-hydrogen) atoms. The van der Waals surface area contributed by atoms with Crippen LogP contribution in [0.1, 0.15) is 5.56 Å². The van der Waals surface area contributed by atoms with E-state index < -0.39 is 0 Å². The summed E-state index contributed by atoms with van der Waals surface area (Å²) < 4.78 is 5.37. The first-order valence-corrected chi connectivity index (χ1v) is 11.3. The van der Waals surface area contributed by atoms with Gasteiger partial charge in [-0.1, -0.05) is 64.5 Å². The minimum absolute atomic E-state index is 0.736. The van der Waals surface area contributed by atoms with Crippen molar-refractivity contribution in [1.29, 1.82) is 5.26 Å². The van der Waals surface area contributed by atoms with Crippen LogP contribution in [0.4, 0.5) is 5.69 Å². The van der Waals surface area contributed by atoms with Crippen LogP contribution in [0.25, 0.3) is 44.2 Å². The summed E-state index contributed by atoms with van der Waals surface area (Å²) in [5.41, 5.74) is 8.46. The van der Waals surface area contributed by atoms with Crippen LogP contribution in [-0.2, 0) is 0 Å². The van der Waals surface area contributed by atoms with E-state index in [9.17, 15) is 5.26 Å². The van der Waals surface area contributed by atoms with Crippen molar-refractivity contribution < 1.29 is 4.74 Å². The molecule has 4 heteroatoms. The van der Waals surface area contributed by atoms with Crippen molar-refractivity contribution in [3.8, 4) is 45.2 Å². The highest BCUT2D eigenvalue weighted by Gasteiger charge is 2.29. The fourth-order valence-electron chi connectivity index (χ4n) is 4.64. The van der Waals surface area contributed by atoms with Gasteiger partial charge >= 0.3 is 0 Å². The molecule has 0 aliphatic heterocycles. The maximum Gasteiger partial charge on any atom is 0.118 e. The molecule has 3 nitrogen and oxygen atoms in total. The number of hydrogen-bond donors (Lipinski definition) is 0. The van der Waals surface area contributed by atoms with Crippen molar-refractivity contribution >= 4 is 32.4 Å². The Kier molecular flexibility index (Phi) is 4.92. The zero-order valence-electron chi connectivity index (χ0n) is 17.4. The number of nitriles is 1. The highest BCUT2D eigenvalue weighted by Crippen LogP contribution is 2.54. The summed E-state index contributed by atoms with van der Waals surface area (Å²) in [6, 6.07) is 25.7. The zero-order valence-corrected chi connectivity index (χ0v) is 19.0. The molecule has 4 aromatic carbocycles. The number of rotatable bonds is 5. The van der Waals surface area contributed by atoms with Crippen LogP contribution in [0.2, 0.25) is 0 Å². The van der Waals surface area contributed by atoms with Gasteiger partial charge in [0.05, 0.1) is 18.4 Å². The van der Waals surface area contributed by atoms with Gasteiger partial charge in [-0.3, -0.25) is 0 Å². The maximum absolute atomic E-state index is 10.3. The van der Waals surface area contributed by atoms with Crippen LogP contribution in [0.15, 0.2) is 66.7 Å². The van der Waals surface area contributed by atoms with E-state index in [4.69, 9.17) is 4.74 Å². The lowest BCUT2D eigenvalue weighted by molar-refractivity contribution is 0.415. The number of hydrogen-bond acceptors (Lipinski definition) is 3. The van der Waals surface area contributed by atoms with E-state index in [1.807, 2.05) is 19.2 Å². The van der Waals surface area contributed by atoms with Crippen LogP contribution in [-0.4, -0.2) is 26.0 Å². The largest absolute Gasteiger partial charge is 0.497 e. The third-order valence-electron chi connectivity index (χ3n) is 6.09. The minimum Gasteiger partial charge on any atom is -0.497 e. The molecule has 0 spiro atoms. The Morgan fingerprint density at radius 1 is 0.935 bits per heavy atom. The summed E-state index contributed by atoms with van der Waals surface area (Å²) in [4.78, 5) is 2.16. The van der Waals surface area contributed by atoms with Crippen LogP contribution < -0.4 is 9.64 Å². The van der Waals surface area contributed by atoms with Crippen molar-refractivity contribution in [3.63, 3.8) is 0 Å². The second-order valence-corrected chi connectivity index (χ2v) is 8.52. The molecule has 4 aromatic rings. The Morgan fingerprint density at radius 2 is 1.61 bits per heavy atom. The molecule has 0 saturated carbocycles. The second-order valence-electron chi connectivity index (χ2n) is 7.73. The molecule has 0 bridgehead atoms. The average Bonchev–Trinajstić information content (AvgIpc) is 3.15. The van der Waals surface area contributed by atoms with Crippen molar-refractivity contribution in [3.05, 3.63) is 72.3 Å². The molecule has 0 heterocycles. The first-order chi connectivity index (χ1) is 15.2. The van der Waals surface area contributed by atoms with Crippen LogP contribution in [0, 0.1) is 11.3 Å². The second kappa shape index (κ2) is 7.76. The van der Waals surface area contributed by atoms with E-state index in [1.165, 1.54) is 16.3 Å². The topological polar surface area (TPSA) is 36.3 Å². The number of halogens is 1. The molecule has 0 atom stereocenters. The lowest BCUT2D eigenvalue weighted by Gasteiger charge is -2.24. The predicted molar refractivity (Wildman–Crippen MR) is 132 cm³/mol. The summed E-state index contributed by atoms with van der Waals surface area (Å²) in [6.45, 7) is 0.812. The van der Waals surface area contributed by atoms with Gasteiger partial charge in [-0.15, -0.1) is 0 Å². The first kappa shape index (κ1) is 19.7. The van der Waals surface area contributed by atoms with Crippen molar-refractivity contribution in [1.82, 2.24) is 0 Å². The monoisotopic (exact) mass is 468 g/mol. The van der Waals surface area contributed by atoms with Gasteiger partial charge in [0.1, 0.15) is 11.8 Å². The number of fused-ring (bicyclic) bond motifs is 3. The van der Waals surface area contributed by atoms with Crippen molar-refractivity contribution in [2.45, 2.75) is 0 Å². The number of alkyl halides is 1. The van der Waals surface area contributed by atoms with E-state index in [0.717, 1.165) is 56.7 Å². The highest BCUT2D eigenvalue weighted by molar-refractivity contribution is 9.09. The maximum atomic E-state index is 10.3. The van der Waals surface area contributed by atoms with E-state index in [-0.39, 0.29) is 0 Å². The lowest BCUT2D eigenvalue weighted by Crippen LogP contribution is -2.21. The molecule has 1 aliphatic carbocycles. The SMILES string of the molecule is COc1ccc(-c2cc(N(C)CCBr)c(C#N)c3c2-c2cccc4cccc-3c24)cc1. The number of ether oxygens (including phenoxy) is 1. The Hall–Kier alpha value is -3.29. The summed E-state index contributed by atoms with van der Waals surface area (Å²) in [6.07, 6.45) is 0. The van der Waals surface area contributed by atoms with Gasteiger partial charge in [-0.25, -0.2) is 0 Å². The highest BCUT2D eigenvalue weighted by atomic mass is 79.9. The summed E-state index contributed by atoms with van der Waals surface area (Å²) in [7, 11) is 3.73. The van der Waals surface area contributed by atoms with Gasteiger partial charge in [-0.05, 0) is 56.8 Å². The number of nitrogens with zero attached hydrogens (tertiary/aromatic N) is 2. The lowest BCUT2D eigenvalue weighted by atomic mass is 9.89. The fourth-order valence-corrected chi connectivity index (χ4v) is 5.17. The third kappa shape index (κ3) is 3.00. The fraction of sp³-hybridized carbons (Fsp3) is 0.148. The smallest absolute Gasteiger partial charge is 0.118 e. The quantitative estimate of drug-likeness (QED) is 0.264. The number of anilines is 1. The van der Waals surface area contributed by atoms with Crippen LogP contribution in [0.5, 0.6) is 5.75 Å². The summed E-state index contributed by atoms with van der Waals surface area (Å²) in [5, 5.41) is 13.5. The van der Waals surface area contributed by atoms with E-state index in [1.54, 1.807) is 7.11 Å². The molecule has 0 saturated heterocycles. The number of benzene rings is 4. The van der Waals surface area contributed by atoms with Crippen molar-refractivity contribution in [2.24, 2.45) is 0 Å². The molecule has 1 aliphatic rings. The molecule has 0 N–H and O–H groups in total. The number of methoxy groups -OCH3 is 1. The zero-order chi connectivity index (χ0) is 21.5. The molecule has 0 amide bonds. The Labute approximate surface area is 190 Å². The molecular weight excluding hydrogens is 448 g/mol. The normalized spacial score (nSPS) is 11.3. The van der Waals surface area contributed by atoms with Crippen molar-refractivity contribution in [2.75, 3.05) is 30.9 Å². The molecule has 152 valence electrons. The van der Waals surface area contributed by atoms with E-state index in [0.29, 0.717) is 0 Å². The Balaban J connectivity index is 1.90. The molecular formula is C27H21BrN2O. The summed E-state index contributed by atoms with van der Waals surface area (Å²) >= 11 is 3.54. The van der Waals surface area contributed by atoms with Gasteiger partial charge in [-0.2, -0.15) is 5.26 Å². The molecule has 0 fully saturated rings. The van der Waals surface area contributed by atoms with Crippen LogP contribution in [0.3, 0.4) is 0 Å². The van der Waals surface area contributed by atoms with Crippen LogP contribution >= 0.6 is 15.9 Å². The standard InChI is InChI=1S/C27H21BrN2O/c1-30(14-13-28)24-15-22(17-9-11-19(31-2)12-10-17)26-20-7-3-5-18-6-4-8-21(25(18)20)27(26)23(24)16-29/h3-12,15H,13-14H2,1-2H3. The van der Waals surface area contributed by atoms with Gasteiger partial charge in [0.2, 0.25) is 0 Å². The first-order valence-electron chi connectivity index (χ1n) is 10.2. The Bertz CT molecular complexity index is 1350. The van der Waals surface area contributed by atoms with Gasteiger partial charge in [0, 0.05) is 24.5 Å². The predicted octanol–water partition coefficient (Wildman–Crippen LogP) is 6.87. The van der Waals surface area contributed by atoms with Gasteiger partial charge < -0.3 is 9.64 Å². The van der Waals surface area contributed by atoms with E-state index >= 15 is 0 Å². The average molecular weight is 469 g/mol. The molecule has 0 radical (unpaired) electrons.